The Balaban J connectivity index is 1.59. The van der Waals surface area contributed by atoms with Crippen LogP contribution in [0.2, 0.25) is 0 Å². The number of hydrogen-bond acceptors (Lipinski definition) is 4. The predicted octanol–water partition coefficient (Wildman–Crippen LogP) is 3.49. The molecule has 1 aliphatic carbocycles. The highest BCUT2D eigenvalue weighted by Crippen LogP contribution is 2.50. The number of hydrogen-bond donors (Lipinski definition) is 1. The van der Waals surface area contributed by atoms with Gasteiger partial charge in [0.05, 0.1) is 21.3 Å². The molecule has 0 atom stereocenters. The minimum Gasteiger partial charge on any atom is -0.496 e. The van der Waals surface area contributed by atoms with Crippen molar-refractivity contribution in [3.63, 3.8) is 0 Å². The Labute approximate surface area is 179 Å². The maximum absolute atomic E-state index is 5.59. The van der Waals surface area contributed by atoms with E-state index in [1.807, 2.05) is 31.3 Å². The summed E-state index contributed by atoms with van der Waals surface area (Å²) in [5, 5.41) is 3.57. The van der Waals surface area contributed by atoms with E-state index < -0.39 is 0 Å². The minimum absolute atomic E-state index is 0.132. The van der Waals surface area contributed by atoms with Gasteiger partial charge in [0, 0.05) is 38.2 Å². The summed E-state index contributed by atoms with van der Waals surface area (Å²) < 4.78 is 16.3. The molecule has 0 unspecified atom stereocenters. The molecule has 0 aromatic heterocycles. The van der Waals surface area contributed by atoms with Crippen molar-refractivity contribution in [2.75, 3.05) is 48.5 Å². The molecule has 0 amide bonds. The van der Waals surface area contributed by atoms with Gasteiger partial charge in [0.1, 0.15) is 5.75 Å². The van der Waals surface area contributed by atoms with Crippen LogP contribution in [0.25, 0.3) is 0 Å². The van der Waals surface area contributed by atoms with Gasteiger partial charge in [-0.05, 0) is 43.0 Å². The third-order valence-electron chi connectivity index (χ3n) is 5.87. The van der Waals surface area contributed by atoms with Gasteiger partial charge >= 0.3 is 0 Å². The summed E-state index contributed by atoms with van der Waals surface area (Å²) in [6, 6.07) is 14.4. The zero-order valence-corrected chi connectivity index (χ0v) is 18.7. The molecule has 6 nitrogen and oxygen atoms in total. The van der Waals surface area contributed by atoms with E-state index in [-0.39, 0.29) is 5.41 Å². The van der Waals surface area contributed by atoms with Crippen LogP contribution in [-0.4, -0.2) is 59.4 Å². The zero-order chi connectivity index (χ0) is 21.6. The highest BCUT2D eigenvalue weighted by Gasteiger charge is 2.46. The molecule has 1 aliphatic rings. The van der Waals surface area contributed by atoms with E-state index in [2.05, 4.69) is 40.5 Å². The van der Waals surface area contributed by atoms with E-state index in [4.69, 9.17) is 14.2 Å². The Kier molecular flexibility index (Phi) is 7.08. The number of likely N-dealkylation sites (N-methyl/N-ethyl adjacent to an activating group) is 1. The molecule has 0 bridgehead atoms. The molecule has 2 aromatic rings. The van der Waals surface area contributed by atoms with Gasteiger partial charge in [0.2, 0.25) is 0 Å². The molecular formula is C24H33N3O3. The van der Waals surface area contributed by atoms with Crippen molar-refractivity contribution < 1.29 is 14.2 Å². The van der Waals surface area contributed by atoms with E-state index in [0.29, 0.717) is 0 Å². The molecule has 0 heterocycles. The van der Waals surface area contributed by atoms with Crippen LogP contribution in [0.1, 0.15) is 24.0 Å². The monoisotopic (exact) mass is 411 g/mol. The van der Waals surface area contributed by atoms with Crippen LogP contribution in [-0.2, 0) is 11.8 Å². The molecular weight excluding hydrogens is 378 g/mol. The molecule has 1 N–H and O–H groups in total. The fourth-order valence-electron chi connectivity index (χ4n) is 3.85. The third-order valence-corrected chi connectivity index (χ3v) is 5.87. The van der Waals surface area contributed by atoms with Crippen molar-refractivity contribution in [3.05, 3.63) is 53.6 Å². The number of aliphatic imine (C=N–C) groups is 1. The van der Waals surface area contributed by atoms with Crippen LogP contribution in [0.5, 0.6) is 17.2 Å². The first-order valence-corrected chi connectivity index (χ1v) is 10.3. The van der Waals surface area contributed by atoms with Crippen molar-refractivity contribution in [2.45, 2.75) is 24.7 Å². The molecule has 2 aromatic carbocycles. The van der Waals surface area contributed by atoms with Gasteiger partial charge in [-0.15, -0.1) is 0 Å². The average Bonchev–Trinajstić information content (AvgIpc) is 3.58. The first kappa shape index (κ1) is 21.8. The number of ether oxygens (including phenoxy) is 3. The molecule has 0 saturated heterocycles. The van der Waals surface area contributed by atoms with Crippen molar-refractivity contribution in [1.29, 1.82) is 0 Å². The Morgan fingerprint density at radius 2 is 1.70 bits per heavy atom. The van der Waals surface area contributed by atoms with Gasteiger partial charge in [-0.25, -0.2) is 0 Å². The van der Waals surface area contributed by atoms with E-state index in [1.165, 1.54) is 11.1 Å². The van der Waals surface area contributed by atoms with Crippen molar-refractivity contribution in [1.82, 2.24) is 10.2 Å². The van der Waals surface area contributed by atoms with Crippen LogP contribution in [0.3, 0.4) is 0 Å². The fraction of sp³-hybridized carbons (Fsp3) is 0.458. The first-order chi connectivity index (χ1) is 14.6. The summed E-state index contributed by atoms with van der Waals surface area (Å²) in [6.45, 7) is 1.69. The van der Waals surface area contributed by atoms with E-state index in [1.54, 1.807) is 21.3 Å². The summed E-state index contributed by atoms with van der Waals surface area (Å²) >= 11 is 0. The van der Waals surface area contributed by atoms with E-state index in [9.17, 15) is 0 Å². The summed E-state index contributed by atoms with van der Waals surface area (Å²) in [5.74, 6) is 3.37. The van der Waals surface area contributed by atoms with Crippen LogP contribution in [0.4, 0.5) is 0 Å². The second-order valence-electron chi connectivity index (χ2n) is 7.74. The van der Waals surface area contributed by atoms with Gasteiger partial charge in [-0.3, -0.25) is 4.99 Å². The van der Waals surface area contributed by atoms with Crippen LogP contribution in [0, 0.1) is 0 Å². The Morgan fingerprint density at radius 1 is 1.00 bits per heavy atom. The van der Waals surface area contributed by atoms with Crippen molar-refractivity contribution >= 4 is 5.96 Å². The third kappa shape index (κ3) is 4.81. The molecule has 0 spiro atoms. The number of methoxy groups -OCH3 is 3. The fourth-order valence-corrected chi connectivity index (χ4v) is 3.85. The average molecular weight is 412 g/mol. The van der Waals surface area contributed by atoms with Gasteiger partial charge in [0.25, 0.3) is 0 Å². The number of benzene rings is 2. The molecule has 0 radical (unpaired) electrons. The van der Waals surface area contributed by atoms with Gasteiger partial charge in [-0.2, -0.15) is 0 Å². The van der Waals surface area contributed by atoms with Crippen molar-refractivity contribution in [3.8, 4) is 17.2 Å². The Bertz CT molecular complexity index is 878. The van der Waals surface area contributed by atoms with Crippen LogP contribution < -0.4 is 19.5 Å². The number of rotatable bonds is 9. The lowest BCUT2D eigenvalue weighted by Crippen LogP contribution is -2.43. The second-order valence-corrected chi connectivity index (χ2v) is 7.74. The van der Waals surface area contributed by atoms with Crippen LogP contribution in [0.15, 0.2) is 47.5 Å². The van der Waals surface area contributed by atoms with Crippen LogP contribution >= 0.6 is 0 Å². The highest BCUT2D eigenvalue weighted by atomic mass is 16.5. The molecule has 1 saturated carbocycles. The normalized spacial score (nSPS) is 14.8. The van der Waals surface area contributed by atoms with Gasteiger partial charge in [-0.1, -0.05) is 24.3 Å². The molecule has 6 heteroatoms. The lowest BCUT2D eigenvalue weighted by atomic mass is 9.95. The summed E-state index contributed by atoms with van der Waals surface area (Å²) in [6.07, 6.45) is 3.20. The summed E-state index contributed by atoms with van der Waals surface area (Å²) in [4.78, 5) is 6.65. The van der Waals surface area contributed by atoms with E-state index >= 15 is 0 Å². The number of nitrogens with one attached hydrogen (secondary N) is 1. The number of nitrogens with zero attached hydrogens (tertiary/aromatic N) is 2. The first-order valence-electron chi connectivity index (χ1n) is 10.3. The topological polar surface area (TPSA) is 55.3 Å². The predicted molar refractivity (Wildman–Crippen MR) is 121 cm³/mol. The molecule has 0 aliphatic heterocycles. The zero-order valence-electron chi connectivity index (χ0n) is 18.7. The van der Waals surface area contributed by atoms with Gasteiger partial charge in [0.15, 0.2) is 17.5 Å². The molecule has 162 valence electrons. The summed E-state index contributed by atoms with van der Waals surface area (Å²) in [7, 11) is 8.95. The number of para-hydroxylation sites is 1. The minimum atomic E-state index is 0.132. The maximum atomic E-state index is 5.59. The quantitative estimate of drug-likeness (QED) is 0.506. The Hall–Kier alpha value is -2.89. The smallest absolute Gasteiger partial charge is 0.193 e. The molecule has 3 rings (SSSR count). The second kappa shape index (κ2) is 9.74. The summed E-state index contributed by atoms with van der Waals surface area (Å²) in [5.41, 5.74) is 2.61. The SMILES string of the molecule is CN=C(NCC1(c2ccccc2OC)CC1)N(C)CCc1ccc(OC)c(OC)c1. The molecule has 30 heavy (non-hydrogen) atoms. The largest absolute Gasteiger partial charge is 0.496 e. The standard InChI is InChI=1S/C24H33N3O3/c1-25-23(26-17-24(13-14-24)19-8-6-7-9-20(19)28-3)27(2)15-12-18-10-11-21(29-4)22(16-18)30-5/h6-11,16H,12-15,17H2,1-5H3,(H,25,26). The lowest BCUT2D eigenvalue weighted by molar-refractivity contribution is 0.354. The Morgan fingerprint density at radius 3 is 2.33 bits per heavy atom. The van der Waals surface area contributed by atoms with Crippen molar-refractivity contribution in [2.24, 2.45) is 4.99 Å². The molecule has 1 fully saturated rings. The van der Waals surface area contributed by atoms with E-state index in [0.717, 1.165) is 55.6 Å². The number of guanidine groups is 1. The van der Waals surface area contributed by atoms with Gasteiger partial charge < -0.3 is 24.4 Å². The maximum Gasteiger partial charge on any atom is 0.193 e. The lowest BCUT2D eigenvalue weighted by Gasteiger charge is -2.25. The highest BCUT2D eigenvalue weighted by molar-refractivity contribution is 5.79.